The molecule has 0 bridgehead atoms. The van der Waals surface area contributed by atoms with Crippen LogP contribution in [0.5, 0.6) is 0 Å². The second-order valence-corrected chi connectivity index (χ2v) is 9.11. The molecule has 7 heteroatoms. The highest BCUT2D eigenvalue weighted by Gasteiger charge is 2.28. The molecule has 0 unspecified atom stereocenters. The standard InChI is InChI=1S/C25H30N4O3/c30-24(23-2-1-13-32-23)27-21-7-3-17(4-8-21)18-5-9-22(10-6-18)28-25(31)29-15-19-11-12-26-14-20(19)16-29/h5-6,9-12,14,17,21,23H,1-4,7-8,13,15-16H2,(H,27,30)(H,28,31)/t17-,21-,23-/m0/s1. The van der Waals surface area contributed by atoms with E-state index < -0.39 is 0 Å². The molecule has 1 saturated carbocycles. The highest BCUT2D eigenvalue weighted by atomic mass is 16.5. The number of carbonyl (C=O) groups is 2. The van der Waals surface area contributed by atoms with Gasteiger partial charge in [0.1, 0.15) is 6.10 Å². The Morgan fingerprint density at radius 3 is 2.47 bits per heavy atom. The van der Waals surface area contributed by atoms with Crippen molar-refractivity contribution in [2.75, 3.05) is 11.9 Å². The highest BCUT2D eigenvalue weighted by Crippen LogP contribution is 2.33. The largest absolute Gasteiger partial charge is 0.368 e. The van der Waals surface area contributed by atoms with Crippen molar-refractivity contribution in [3.05, 3.63) is 59.4 Å². The molecule has 0 radical (unpaired) electrons. The number of hydrogen-bond donors (Lipinski definition) is 2. The SMILES string of the molecule is O=C(N[C@H]1CC[C@H](c2ccc(NC(=O)N3Cc4ccncc4C3)cc2)CC1)[C@@H]1CCCO1. The number of benzene rings is 1. The van der Waals surface area contributed by atoms with E-state index in [1.54, 1.807) is 11.1 Å². The van der Waals surface area contributed by atoms with E-state index in [2.05, 4.69) is 27.8 Å². The first-order valence-corrected chi connectivity index (χ1v) is 11.7. The van der Waals surface area contributed by atoms with Crippen molar-refractivity contribution in [3.63, 3.8) is 0 Å². The Labute approximate surface area is 188 Å². The van der Waals surface area contributed by atoms with Gasteiger partial charge in [-0.15, -0.1) is 0 Å². The number of ether oxygens (including phenoxy) is 1. The molecule has 5 rings (SSSR count). The smallest absolute Gasteiger partial charge is 0.322 e. The molecule has 7 nitrogen and oxygen atoms in total. The molecule has 3 aliphatic rings. The second kappa shape index (κ2) is 9.28. The van der Waals surface area contributed by atoms with Crippen LogP contribution in [-0.4, -0.2) is 40.6 Å². The van der Waals surface area contributed by atoms with E-state index in [1.165, 1.54) is 5.56 Å². The van der Waals surface area contributed by atoms with Gasteiger partial charge >= 0.3 is 6.03 Å². The van der Waals surface area contributed by atoms with Crippen molar-refractivity contribution >= 4 is 17.6 Å². The maximum Gasteiger partial charge on any atom is 0.322 e. The molecule has 2 aliphatic heterocycles. The Hall–Kier alpha value is -2.93. The van der Waals surface area contributed by atoms with Crippen molar-refractivity contribution in [2.45, 2.75) is 69.7 Å². The minimum absolute atomic E-state index is 0.0587. The fourth-order valence-electron chi connectivity index (χ4n) is 5.05. The predicted octanol–water partition coefficient (Wildman–Crippen LogP) is 3.95. The van der Waals surface area contributed by atoms with Crippen molar-refractivity contribution in [1.29, 1.82) is 0 Å². The highest BCUT2D eigenvalue weighted by molar-refractivity contribution is 5.89. The molecule has 1 aromatic heterocycles. The maximum atomic E-state index is 12.6. The van der Waals surface area contributed by atoms with Gasteiger partial charge < -0.3 is 20.3 Å². The van der Waals surface area contributed by atoms with Crippen LogP contribution < -0.4 is 10.6 Å². The normalized spacial score (nSPS) is 24.8. The molecule has 1 saturated heterocycles. The van der Waals surface area contributed by atoms with Gasteiger partial charge in [0.05, 0.1) is 0 Å². The van der Waals surface area contributed by atoms with Gasteiger partial charge in [0.2, 0.25) is 5.91 Å². The topological polar surface area (TPSA) is 83.6 Å². The molecule has 32 heavy (non-hydrogen) atoms. The predicted molar refractivity (Wildman–Crippen MR) is 121 cm³/mol. The van der Waals surface area contributed by atoms with Gasteiger partial charge in [-0.1, -0.05) is 12.1 Å². The summed E-state index contributed by atoms with van der Waals surface area (Å²) >= 11 is 0. The summed E-state index contributed by atoms with van der Waals surface area (Å²) in [5.41, 5.74) is 4.38. The third-order valence-corrected chi connectivity index (χ3v) is 6.94. The lowest BCUT2D eigenvalue weighted by Crippen LogP contribution is -2.42. The molecule has 0 spiro atoms. The number of nitrogens with one attached hydrogen (secondary N) is 2. The molecule has 3 heterocycles. The second-order valence-electron chi connectivity index (χ2n) is 9.11. The van der Waals surface area contributed by atoms with Gasteiger partial charge in [-0.3, -0.25) is 9.78 Å². The van der Waals surface area contributed by atoms with E-state index in [0.29, 0.717) is 25.6 Å². The Morgan fingerprint density at radius 2 is 1.75 bits per heavy atom. The molecule has 168 valence electrons. The summed E-state index contributed by atoms with van der Waals surface area (Å²) in [7, 11) is 0. The fourth-order valence-corrected chi connectivity index (χ4v) is 5.05. The third kappa shape index (κ3) is 4.63. The van der Waals surface area contributed by atoms with E-state index in [9.17, 15) is 9.59 Å². The first kappa shape index (κ1) is 20.9. The van der Waals surface area contributed by atoms with Gasteiger partial charge in [0.25, 0.3) is 0 Å². The molecule has 1 aromatic carbocycles. The summed E-state index contributed by atoms with van der Waals surface area (Å²) < 4.78 is 5.49. The molecule has 1 atom stereocenters. The van der Waals surface area contributed by atoms with Crippen LogP contribution >= 0.6 is 0 Å². The Balaban J connectivity index is 1.10. The summed E-state index contributed by atoms with van der Waals surface area (Å²) in [4.78, 5) is 30.9. The zero-order valence-electron chi connectivity index (χ0n) is 18.3. The van der Waals surface area contributed by atoms with Gasteiger partial charge in [0, 0.05) is 43.8 Å². The van der Waals surface area contributed by atoms with Crippen molar-refractivity contribution in [1.82, 2.24) is 15.2 Å². The first-order valence-electron chi connectivity index (χ1n) is 11.7. The summed E-state index contributed by atoms with van der Waals surface area (Å²) in [5, 5.41) is 6.19. The van der Waals surface area contributed by atoms with Crippen LogP contribution in [0.15, 0.2) is 42.7 Å². The number of fused-ring (bicyclic) bond motifs is 1. The Bertz CT molecular complexity index is 938. The maximum absolute atomic E-state index is 12.6. The van der Waals surface area contributed by atoms with Crippen LogP contribution in [0, 0.1) is 0 Å². The minimum Gasteiger partial charge on any atom is -0.368 e. The number of rotatable bonds is 4. The van der Waals surface area contributed by atoms with Gasteiger partial charge in [0.15, 0.2) is 0 Å². The molecule has 2 fully saturated rings. The number of aromatic nitrogens is 1. The number of anilines is 1. The van der Waals surface area contributed by atoms with Crippen LogP contribution in [0.25, 0.3) is 0 Å². The average Bonchev–Trinajstić information content (AvgIpc) is 3.50. The summed E-state index contributed by atoms with van der Waals surface area (Å²) in [6, 6.07) is 10.4. The van der Waals surface area contributed by atoms with Crippen molar-refractivity contribution in [3.8, 4) is 0 Å². The van der Waals surface area contributed by atoms with Gasteiger partial charge in [-0.05, 0) is 79.3 Å². The van der Waals surface area contributed by atoms with E-state index >= 15 is 0 Å². The number of amides is 3. The van der Waals surface area contributed by atoms with Crippen LogP contribution in [-0.2, 0) is 22.6 Å². The lowest BCUT2D eigenvalue weighted by Gasteiger charge is -2.30. The number of urea groups is 1. The molecule has 1 aliphatic carbocycles. The van der Waals surface area contributed by atoms with Crippen LogP contribution in [0.2, 0.25) is 0 Å². The quantitative estimate of drug-likeness (QED) is 0.763. The molecular formula is C25H30N4O3. The summed E-state index contributed by atoms with van der Waals surface area (Å²) in [6.45, 7) is 1.92. The monoisotopic (exact) mass is 434 g/mol. The fraction of sp³-hybridized carbons (Fsp3) is 0.480. The minimum atomic E-state index is -0.248. The molecular weight excluding hydrogens is 404 g/mol. The van der Waals surface area contributed by atoms with Gasteiger partial charge in [-0.25, -0.2) is 4.79 Å². The molecule has 2 aromatic rings. The Morgan fingerprint density at radius 1 is 0.969 bits per heavy atom. The van der Waals surface area contributed by atoms with Crippen LogP contribution in [0.3, 0.4) is 0 Å². The number of nitrogens with zero attached hydrogens (tertiary/aromatic N) is 2. The third-order valence-electron chi connectivity index (χ3n) is 6.94. The number of carbonyl (C=O) groups excluding carboxylic acids is 2. The zero-order valence-corrected chi connectivity index (χ0v) is 18.3. The first-order chi connectivity index (χ1) is 15.7. The van der Waals surface area contributed by atoms with Crippen molar-refractivity contribution in [2.24, 2.45) is 0 Å². The van der Waals surface area contributed by atoms with Crippen LogP contribution in [0.4, 0.5) is 10.5 Å². The summed E-state index contributed by atoms with van der Waals surface area (Å²) in [5.74, 6) is 0.555. The Kier molecular flexibility index (Phi) is 6.08. The van der Waals surface area contributed by atoms with E-state index in [0.717, 1.165) is 55.3 Å². The van der Waals surface area contributed by atoms with E-state index in [4.69, 9.17) is 4.74 Å². The van der Waals surface area contributed by atoms with E-state index in [1.807, 2.05) is 24.4 Å². The molecule has 3 amide bonds. The van der Waals surface area contributed by atoms with Crippen LogP contribution in [0.1, 0.15) is 61.1 Å². The molecule has 2 N–H and O–H groups in total. The zero-order chi connectivity index (χ0) is 21.9. The van der Waals surface area contributed by atoms with E-state index in [-0.39, 0.29) is 24.1 Å². The number of hydrogen-bond acceptors (Lipinski definition) is 4. The lowest BCUT2D eigenvalue weighted by atomic mass is 9.81. The number of pyridine rings is 1. The summed E-state index contributed by atoms with van der Waals surface area (Å²) in [6.07, 6.45) is 9.27. The lowest BCUT2D eigenvalue weighted by molar-refractivity contribution is -0.131. The van der Waals surface area contributed by atoms with Gasteiger partial charge in [-0.2, -0.15) is 0 Å². The average molecular weight is 435 g/mol. The van der Waals surface area contributed by atoms with Crippen molar-refractivity contribution < 1.29 is 14.3 Å².